The fourth-order valence-electron chi connectivity index (χ4n) is 1.92. The highest BCUT2D eigenvalue weighted by Crippen LogP contribution is 2.28. The van der Waals surface area contributed by atoms with E-state index in [9.17, 15) is 19.1 Å². The van der Waals surface area contributed by atoms with Crippen LogP contribution < -0.4 is 10.1 Å². The van der Waals surface area contributed by atoms with Crippen molar-refractivity contribution < 1.29 is 23.8 Å². The first kappa shape index (κ1) is 15.9. The largest absolute Gasteiger partial charge is 0.482 e. The van der Waals surface area contributed by atoms with Crippen LogP contribution in [0.2, 0.25) is 5.02 Å². The number of rotatable bonds is 5. The summed E-state index contributed by atoms with van der Waals surface area (Å²) in [5.74, 6) is -0.952. The van der Waals surface area contributed by atoms with Crippen molar-refractivity contribution in [2.45, 2.75) is 12.0 Å². The highest BCUT2D eigenvalue weighted by molar-refractivity contribution is 7.99. The SMILES string of the molecule is O=C(COc1ccc(F)cc1Cl)N[C@]1(C(=O)O)CCSC1. The third-order valence-electron chi connectivity index (χ3n) is 3.06. The number of hydrogen-bond acceptors (Lipinski definition) is 4. The van der Waals surface area contributed by atoms with Crippen LogP contribution in [-0.4, -0.2) is 40.6 Å². The molecule has 114 valence electrons. The summed E-state index contributed by atoms with van der Waals surface area (Å²) in [6.45, 7) is -0.384. The number of thioether (sulfide) groups is 1. The fraction of sp³-hybridized carbons (Fsp3) is 0.385. The molecule has 1 aromatic carbocycles. The van der Waals surface area contributed by atoms with Crippen molar-refractivity contribution >= 4 is 35.2 Å². The minimum absolute atomic E-state index is 0.0483. The van der Waals surface area contributed by atoms with E-state index in [4.69, 9.17) is 16.3 Å². The van der Waals surface area contributed by atoms with Crippen LogP contribution >= 0.6 is 23.4 Å². The van der Waals surface area contributed by atoms with Crippen molar-refractivity contribution in [1.82, 2.24) is 5.32 Å². The number of carbonyl (C=O) groups is 2. The van der Waals surface area contributed by atoms with E-state index in [1.165, 1.54) is 17.8 Å². The molecule has 0 aromatic heterocycles. The molecule has 1 aliphatic heterocycles. The number of ether oxygens (including phenoxy) is 1. The number of nitrogens with one attached hydrogen (secondary N) is 1. The topological polar surface area (TPSA) is 75.6 Å². The van der Waals surface area contributed by atoms with Gasteiger partial charge in [0.1, 0.15) is 17.1 Å². The van der Waals surface area contributed by atoms with Crippen molar-refractivity contribution in [1.29, 1.82) is 0 Å². The van der Waals surface area contributed by atoms with Crippen LogP contribution in [0.15, 0.2) is 18.2 Å². The van der Waals surface area contributed by atoms with Crippen LogP contribution in [-0.2, 0) is 9.59 Å². The highest BCUT2D eigenvalue weighted by Gasteiger charge is 2.43. The minimum atomic E-state index is -1.24. The maximum Gasteiger partial charge on any atom is 0.330 e. The summed E-state index contributed by atoms with van der Waals surface area (Å²) < 4.78 is 18.0. The molecule has 1 saturated heterocycles. The molecule has 0 spiro atoms. The molecule has 2 N–H and O–H groups in total. The predicted octanol–water partition coefficient (Wildman–Crippen LogP) is 1.93. The maximum atomic E-state index is 12.9. The molecule has 0 bridgehead atoms. The minimum Gasteiger partial charge on any atom is -0.482 e. The Labute approximate surface area is 129 Å². The van der Waals surface area contributed by atoms with Gasteiger partial charge in [-0.25, -0.2) is 9.18 Å². The van der Waals surface area contributed by atoms with Gasteiger partial charge in [0.05, 0.1) is 5.02 Å². The molecule has 1 aromatic rings. The van der Waals surface area contributed by atoms with Crippen LogP contribution in [0, 0.1) is 5.82 Å². The number of carboxylic acid groups (broad SMARTS) is 1. The quantitative estimate of drug-likeness (QED) is 0.861. The van der Waals surface area contributed by atoms with Gasteiger partial charge in [0.15, 0.2) is 6.61 Å². The van der Waals surface area contributed by atoms with Crippen molar-refractivity contribution in [3.05, 3.63) is 29.0 Å². The van der Waals surface area contributed by atoms with Crippen molar-refractivity contribution in [3.63, 3.8) is 0 Å². The first-order valence-corrected chi connectivity index (χ1v) is 7.66. The summed E-state index contributed by atoms with van der Waals surface area (Å²) in [6.07, 6.45) is 0.371. The lowest BCUT2D eigenvalue weighted by molar-refractivity contribution is -0.146. The zero-order chi connectivity index (χ0) is 15.5. The number of halogens is 2. The third kappa shape index (κ3) is 3.79. The number of aliphatic carboxylic acids is 1. The average Bonchev–Trinajstić information content (AvgIpc) is 2.87. The van der Waals surface area contributed by atoms with Crippen LogP contribution in [0.25, 0.3) is 0 Å². The lowest BCUT2D eigenvalue weighted by Gasteiger charge is -2.24. The molecular weight excluding hydrogens is 321 g/mol. The zero-order valence-corrected chi connectivity index (χ0v) is 12.5. The van der Waals surface area contributed by atoms with E-state index >= 15 is 0 Å². The van der Waals surface area contributed by atoms with Gasteiger partial charge >= 0.3 is 5.97 Å². The molecular formula is C13H13ClFNO4S. The molecule has 5 nitrogen and oxygen atoms in total. The van der Waals surface area contributed by atoms with Gasteiger partial charge in [-0.3, -0.25) is 4.79 Å². The monoisotopic (exact) mass is 333 g/mol. The number of carbonyl (C=O) groups excluding carboxylic acids is 1. The van der Waals surface area contributed by atoms with Crippen LogP contribution in [0.5, 0.6) is 5.75 Å². The Morgan fingerprint density at radius 2 is 2.29 bits per heavy atom. The van der Waals surface area contributed by atoms with Gasteiger partial charge < -0.3 is 15.2 Å². The summed E-state index contributed by atoms with van der Waals surface area (Å²) >= 11 is 7.24. The molecule has 1 heterocycles. The van der Waals surface area contributed by atoms with E-state index < -0.39 is 23.2 Å². The Morgan fingerprint density at radius 3 is 2.86 bits per heavy atom. The molecule has 2 rings (SSSR count). The summed E-state index contributed by atoms with van der Waals surface area (Å²) in [6, 6.07) is 3.54. The van der Waals surface area contributed by atoms with Gasteiger partial charge in [-0.05, 0) is 30.4 Å². The zero-order valence-electron chi connectivity index (χ0n) is 10.9. The number of carboxylic acids is 1. The molecule has 21 heavy (non-hydrogen) atoms. The van der Waals surface area contributed by atoms with E-state index in [1.54, 1.807) is 0 Å². The molecule has 0 unspecified atom stereocenters. The number of amides is 1. The standard InChI is InChI=1S/C13H13ClFNO4S/c14-9-5-8(15)1-2-10(9)20-6-11(17)16-13(12(18)19)3-4-21-7-13/h1-2,5H,3-4,6-7H2,(H,16,17)(H,18,19)/t13-/m1/s1. The van der Waals surface area contributed by atoms with Gasteiger partial charge in [-0.15, -0.1) is 0 Å². The van der Waals surface area contributed by atoms with E-state index in [0.717, 1.165) is 12.1 Å². The van der Waals surface area contributed by atoms with Gasteiger partial charge in [-0.2, -0.15) is 11.8 Å². The van der Waals surface area contributed by atoms with E-state index in [1.807, 2.05) is 0 Å². The lowest BCUT2D eigenvalue weighted by Crippen LogP contribution is -2.55. The summed E-state index contributed by atoms with van der Waals surface area (Å²) in [7, 11) is 0. The molecule has 1 aliphatic rings. The van der Waals surface area contributed by atoms with Crippen LogP contribution in [0.3, 0.4) is 0 Å². The molecule has 1 fully saturated rings. The molecule has 1 amide bonds. The summed E-state index contributed by atoms with van der Waals surface area (Å²) in [5.41, 5.74) is -1.24. The third-order valence-corrected chi connectivity index (χ3v) is 4.55. The maximum absolute atomic E-state index is 12.9. The molecule has 8 heteroatoms. The van der Waals surface area contributed by atoms with E-state index in [0.29, 0.717) is 17.9 Å². The highest BCUT2D eigenvalue weighted by atomic mass is 35.5. The van der Waals surface area contributed by atoms with Crippen LogP contribution in [0.1, 0.15) is 6.42 Å². The Bertz CT molecular complexity index is 563. The van der Waals surface area contributed by atoms with Gasteiger partial charge in [-0.1, -0.05) is 11.6 Å². The van der Waals surface area contributed by atoms with Crippen molar-refractivity contribution in [2.75, 3.05) is 18.1 Å². The van der Waals surface area contributed by atoms with Crippen molar-refractivity contribution in [3.8, 4) is 5.75 Å². The molecule has 0 saturated carbocycles. The molecule has 0 aliphatic carbocycles. The smallest absolute Gasteiger partial charge is 0.330 e. The van der Waals surface area contributed by atoms with Gasteiger partial charge in [0.25, 0.3) is 5.91 Å². The first-order valence-electron chi connectivity index (χ1n) is 6.13. The molecule has 0 radical (unpaired) electrons. The Kier molecular flexibility index (Phi) is 4.95. The Balaban J connectivity index is 1.94. The van der Waals surface area contributed by atoms with E-state index in [-0.39, 0.29) is 17.4 Å². The number of hydrogen-bond donors (Lipinski definition) is 2. The Morgan fingerprint density at radius 1 is 1.52 bits per heavy atom. The predicted molar refractivity (Wildman–Crippen MR) is 77.4 cm³/mol. The fourth-order valence-corrected chi connectivity index (χ4v) is 3.47. The summed E-state index contributed by atoms with van der Waals surface area (Å²) in [4.78, 5) is 23.1. The van der Waals surface area contributed by atoms with Crippen molar-refractivity contribution in [2.24, 2.45) is 0 Å². The Hall–Kier alpha value is -1.47. The second-order valence-corrected chi connectivity index (χ2v) is 6.11. The van der Waals surface area contributed by atoms with Crippen LogP contribution in [0.4, 0.5) is 4.39 Å². The first-order chi connectivity index (χ1) is 9.93. The second-order valence-electron chi connectivity index (χ2n) is 4.60. The average molecular weight is 334 g/mol. The van der Waals surface area contributed by atoms with E-state index in [2.05, 4.69) is 5.32 Å². The number of benzene rings is 1. The molecule has 1 atom stereocenters. The normalized spacial score (nSPS) is 21.0. The summed E-state index contributed by atoms with van der Waals surface area (Å²) in [5, 5.41) is 11.8. The van der Waals surface area contributed by atoms with Gasteiger partial charge in [0.2, 0.25) is 0 Å². The second kappa shape index (κ2) is 6.53. The van der Waals surface area contributed by atoms with Gasteiger partial charge in [0, 0.05) is 5.75 Å². The lowest BCUT2D eigenvalue weighted by atomic mass is 9.99.